The number of ether oxygens (including phenoxy) is 1. The van der Waals surface area contributed by atoms with Gasteiger partial charge in [0, 0.05) is 13.1 Å². The van der Waals surface area contributed by atoms with E-state index in [1.165, 1.54) is 0 Å². The Morgan fingerprint density at radius 1 is 1.17 bits per heavy atom. The van der Waals surface area contributed by atoms with E-state index in [2.05, 4.69) is 24.8 Å². The highest BCUT2D eigenvalue weighted by molar-refractivity contribution is 7.22. The van der Waals surface area contributed by atoms with Crippen molar-refractivity contribution in [2.24, 2.45) is 0 Å². The average Bonchev–Trinajstić information content (AvgIpc) is 2.99. The maximum absolute atomic E-state index is 6.10. The van der Waals surface area contributed by atoms with E-state index in [1.807, 2.05) is 6.07 Å². The van der Waals surface area contributed by atoms with E-state index in [1.54, 1.807) is 23.7 Å². The summed E-state index contributed by atoms with van der Waals surface area (Å²) in [5.41, 5.74) is 7.16. The van der Waals surface area contributed by atoms with Crippen LogP contribution in [-0.2, 0) is 4.74 Å². The van der Waals surface area contributed by atoms with Gasteiger partial charge in [-0.25, -0.2) is 15.0 Å². The summed E-state index contributed by atoms with van der Waals surface area (Å²) in [6, 6.07) is 1.96. The second kappa shape index (κ2) is 5.88. The number of hydrogen-bond donors (Lipinski definition) is 1. The highest BCUT2D eigenvalue weighted by Crippen LogP contribution is 2.37. The molecule has 0 unspecified atom stereocenters. The maximum atomic E-state index is 6.10. The van der Waals surface area contributed by atoms with Crippen molar-refractivity contribution in [3.05, 3.63) is 23.7 Å². The van der Waals surface area contributed by atoms with Crippen LogP contribution in [0.25, 0.3) is 20.8 Å². The van der Waals surface area contributed by atoms with Crippen LogP contribution in [0.1, 0.15) is 0 Å². The van der Waals surface area contributed by atoms with Crippen LogP contribution in [0.3, 0.4) is 0 Å². The van der Waals surface area contributed by atoms with Gasteiger partial charge in [0.2, 0.25) is 5.28 Å². The number of fused-ring (bicyclic) bond motifs is 1. The van der Waals surface area contributed by atoms with Gasteiger partial charge in [-0.05, 0) is 17.7 Å². The first-order valence-electron chi connectivity index (χ1n) is 7.08. The SMILES string of the molecule is Nc1cnc(-c2cc3nc(Cl)nc(N4CCOCC4)c3s2)cn1. The predicted octanol–water partition coefficient (Wildman–Crippen LogP) is 2.22. The number of nitrogens with two attached hydrogens (primary N) is 1. The van der Waals surface area contributed by atoms with Crippen molar-refractivity contribution < 1.29 is 4.74 Å². The molecule has 0 spiro atoms. The summed E-state index contributed by atoms with van der Waals surface area (Å²) in [7, 11) is 0. The molecule has 0 aromatic carbocycles. The zero-order chi connectivity index (χ0) is 15.8. The molecule has 0 bridgehead atoms. The average molecular weight is 349 g/mol. The molecular weight excluding hydrogens is 336 g/mol. The number of morpholine rings is 1. The van der Waals surface area contributed by atoms with Gasteiger partial charge in [-0.2, -0.15) is 4.98 Å². The molecule has 0 atom stereocenters. The van der Waals surface area contributed by atoms with E-state index in [-0.39, 0.29) is 5.28 Å². The third-order valence-corrected chi connectivity index (χ3v) is 4.87. The van der Waals surface area contributed by atoms with Crippen molar-refractivity contribution >= 4 is 44.8 Å². The monoisotopic (exact) mass is 348 g/mol. The van der Waals surface area contributed by atoms with E-state index in [9.17, 15) is 0 Å². The van der Waals surface area contributed by atoms with Gasteiger partial charge in [-0.3, -0.25) is 0 Å². The predicted molar refractivity (Wildman–Crippen MR) is 90.9 cm³/mol. The molecule has 0 radical (unpaired) electrons. The smallest absolute Gasteiger partial charge is 0.224 e. The first kappa shape index (κ1) is 14.6. The molecule has 9 heteroatoms. The molecule has 1 aliphatic heterocycles. The summed E-state index contributed by atoms with van der Waals surface area (Å²) in [5.74, 6) is 1.25. The first-order valence-corrected chi connectivity index (χ1v) is 8.28. The van der Waals surface area contributed by atoms with Crippen LogP contribution in [0, 0.1) is 0 Å². The lowest BCUT2D eigenvalue weighted by atomic mass is 10.3. The third-order valence-electron chi connectivity index (χ3n) is 3.56. The minimum atomic E-state index is 0.242. The maximum Gasteiger partial charge on any atom is 0.224 e. The van der Waals surface area contributed by atoms with Gasteiger partial charge in [-0.1, -0.05) is 0 Å². The molecule has 7 nitrogen and oxygen atoms in total. The molecule has 1 aliphatic rings. The van der Waals surface area contributed by atoms with Crippen LogP contribution in [0.4, 0.5) is 11.6 Å². The Hall–Kier alpha value is -2.03. The lowest BCUT2D eigenvalue weighted by Gasteiger charge is -2.28. The van der Waals surface area contributed by atoms with Crippen molar-refractivity contribution in [3.63, 3.8) is 0 Å². The summed E-state index contributed by atoms with van der Waals surface area (Å²) in [6.45, 7) is 2.95. The Labute approximate surface area is 141 Å². The minimum Gasteiger partial charge on any atom is -0.382 e. The molecule has 1 saturated heterocycles. The van der Waals surface area contributed by atoms with Gasteiger partial charge in [0.05, 0.1) is 46.4 Å². The Morgan fingerprint density at radius 2 is 2.00 bits per heavy atom. The van der Waals surface area contributed by atoms with Gasteiger partial charge in [-0.15, -0.1) is 11.3 Å². The van der Waals surface area contributed by atoms with Crippen LogP contribution >= 0.6 is 22.9 Å². The Morgan fingerprint density at radius 3 is 2.74 bits per heavy atom. The fourth-order valence-electron chi connectivity index (χ4n) is 2.47. The number of anilines is 2. The third kappa shape index (κ3) is 2.80. The van der Waals surface area contributed by atoms with Gasteiger partial charge in [0.25, 0.3) is 0 Å². The summed E-state index contributed by atoms with van der Waals surface area (Å²) in [4.78, 5) is 20.3. The molecule has 3 aromatic rings. The van der Waals surface area contributed by atoms with Crippen molar-refractivity contribution in [3.8, 4) is 10.6 Å². The molecule has 3 aromatic heterocycles. The zero-order valence-corrected chi connectivity index (χ0v) is 13.6. The zero-order valence-electron chi connectivity index (χ0n) is 12.1. The second-order valence-corrected chi connectivity index (χ2v) is 6.46. The Balaban J connectivity index is 1.82. The molecule has 0 saturated carbocycles. The molecule has 118 valence electrons. The van der Waals surface area contributed by atoms with Crippen molar-refractivity contribution in [2.75, 3.05) is 36.9 Å². The Kier molecular flexibility index (Phi) is 3.72. The summed E-state index contributed by atoms with van der Waals surface area (Å²) < 4.78 is 6.40. The van der Waals surface area contributed by atoms with Crippen molar-refractivity contribution in [2.45, 2.75) is 0 Å². The van der Waals surface area contributed by atoms with E-state index in [0.29, 0.717) is 19.0 Å². The van der Waals surface area contributed by atoms with Crippen LogP contribution < -0.4 is 10.6 Å². The van der Waals surface area contributed by atoms with Crippen molar-refractivity contribution in [1.82, 2.24) is 19.9 Å². The Bertz CT molecular complexity index is 846. The molecule has 0 amide bonds. The molecule has 4 rings (SSSR count). The molecule has 2 N–H and O–H groups in total. The van der Waals surface area contributed by atoms with Gasteiger partial charge >= 0.3 is 0 Å². The van der Waals surface area contributed by atoms with E-state index in [0.717, 1.165) is 39.7 Å². The standard InChI is InChI=1S/C14H13ClN6OS/c15-14-19-8-5-10(9-6-18-11(16)7-17-9)23-12(8)13(20-14)21-1-3-22-4-2-21/h5-7H,1-4H2,(H2,16,18). The lowest BCUT2D eigenvalue weighted by molar-refractivity contribution is 0.122. The fraction of sp³-hybridized carbons (Fsp3) is 0.286. The topological polar surface area (TPSA) is 90.0 Å². The molecule has 23 heavy (non-hydrogen) atoms. The number of rotatable bonds is 2. The lowest BCUT2D eigenvalue weighted by Crippen LogP contribution is -2.36. The number of nitrogens with zero attached hydrogens (tertiary/aromatic N) is 5. The molecular formula is C14H13ClN6OS. The number of thiophene rings is 1. The molecule has 0 aliphatic carbocycles. The van der Waals surface area contributed by atoms with Crippen molar-refractivity contribution in [1.29, 1.82) is 0 Å². The van der Waals surface area contributed by atoms with E-state index < -0.39 is 0 Å². The number of halogens is 1. The van der Waals surface area contributed by atoms with E-state index >= 15 is 0 Å². The molecule has 4 heterocycles. The van der Waals surface area contributed by atoms with Crippen LogP contribution in [0.5, 0.6) is 0 Å². The molecule has 1 fully saturated rings. The summed E-state index contributed by atoms with van der Waals surface area (Å²) in [6.07, 6.45) is 3.20. The van der Waals surface area contributed by atoms with Gasteiger partial charge in [0.15, 0.2) is 5.82 Å². The van der Waals surface area contributed by atoms with Gasteiger partial charge < -0.3 is 15.4 Å². The highest BCUT2D eigenvalue weighted by Gasteiger charge is 2.19. The van der Waals surface area contributed by atoms with E-state index in [4.69, 9.17) is 22.1 Å². The summed E-state index contributed by atoms with van der Waals surface area (Å²) >= 11 is 7.67. The van der Waals surface area contributed by atoms with Crippen LogP contribution in [-0.4, -0.2) is 46.2 Å². The highest BCUT2D eigenvalue weighted by atomic mass is 35.5. The quantitative estimate of drug-likeness (QED) is 0.710. The van der Waals surface area contributed by atoms with Crippen LogP contribution in [0.15, 0.2) is 18.5 Å². The minimum absolute atomic E-state index is 0.242. The largest absolute Gasteiger partial charge is 0.382 e. The number of aromatic nitrogens is 4. The van der Waals surface area contributed by atoms with Gasteiger partial charge in [0.1, 0.15) is 5.82 Å². The van der Waals surface area contributed by atoms with Crippen LogP contribution in [0.2, 0.25) is 5.28 Å². The fourth-order valence-corrected chi connectivity index (χ4v) is 3.71. The normalized spacial score (nSPS) is 15.3. The first-order chi connectivity index (χ1) is 11.2. The number of hydrogen-bond acceptors (Lipinski definition) is 8. The second-order valence-electron chi connectivity index (χ2n) is 5.07. The summed E-state index contributed by atoms with van der Waals surface area (Å²) in [5, 5.41) is 0.242. The number of nitrogen functional groups attached to an aromatic ring is 1.